The molecule has 29 heavy (non-hydrogen) atoms. The minimum atomic E-state index is -0.821. The number of aliphatic hydroxyl groups excluding tert-OH is 1. The second-order valence-electron chi connectivity index (χ2n) is 9.89. The zero-order chi connectivity index (χ0) is 21.2. The second-order valence-corrected chi connectivity index (χ2v) is 9.89. The van der Waals surface area contributed by atoms with E-state index in [1.165, 1.54) is 18.1 Å². The fraction of sp³-hybridized carbons (Fsp3) is 0.600. The van der Waals surface area contributed by atoms with E-state index in [1.54, 1.807) is 6.08 Å². The van der Waals surface area contributed by atoms with Crippen LogP contribution in [-0.4, -0.2) is 29.1 Å². The maximum atomic E-state index is 12.0. The number of hydrogen-bond acceptors (Lipinski definition) is 4. The molecule has 0 heterocycles. The number of allylic oxidation sites excluding steroid dienone is 6. The van der Waals surface area contributed by atoms with Crippen LogP contribution in [0.2, 0.25) is 0 Å². The Kier molecular flexibility index (Phi) is 4.58. The van der Waals surface area contributed by atoms with E-state index in [0.29, 0.717) is 29.7 Å². The summed E-state index contributed by atoms with van der Waals surface area (Å²) in [6, 6.07) is 0. The summed E-state index contributed by atoms with van der Waals surface area (Å²) in [5.41, 5.74) is 1.91. The van der Waals surface area contributed by atoms with Gasteiger partial charge in [-0.15, -0.1) is 0 Å². The molecule has 2 saturated carbocycles. The summed E-state index contributed by atoms with van der Waals surface area (Å²) in [4.78, 5) is 24.1. The van der Waals surface area contributed by atoms with E-state index in [4.69, 9.17) is 4.74 Å². The molecule has 4 rings (SSSR count). The van der Waals surface area contributed by atoms with Crippen molar-refractivity contribution < 1.29 is 19.4 Å². The first-order valence-corrected chi connectivity index (χ1v) is 10.7. The summed E-state index contributed by atoms with van der Waals surface area (Å²) >= 11 is 0. The number of aliphatic hydroxyl groups is 1. The lowest BCUT2D eigenvalue weighted by atomic mass is 9.49. The van der Waals surface area contributed by atoms with Crippen molar-refractivity contribution >= 4 is 11.8 Å². The third-order valence-corrected chi connectivity index (χ3v) is 8.48. The molecule has 2 fully saturated rings. The average molecular weight is 397 g/mol. The van der Waals surface area contributed by atoms with Gasteiger partial charge >= 0.3 is 5.97 Å². The maximum Gasteiger partial charge on any atom is 0.303 e. The monoisotopic (exact) mass is 396 g/mol. The van der Waals surface area contributed by atoms with Crippen LogP contribution < -0.4 is 0 Å². The number of esters is 1. The van der Waals surface area contributed by atoms with E-state index in [2.05, 4.69) is 39.5 Å². The van der Waals surface area contributed by atoms with Gasteiger partial charge in [-0.3, -0.25) is 9.59 Å². The van der Waals surface area contributed by atoms with E-state index in [-0.39, 0.29) is 29.2 Å². The Bertz CT molecular complexity index is 877. The van der Waals surface area contributed by atoms with Crippen LogP contribution in [0.25, 0.3) is 0 Å². The number of ether oxygens (including phenoxy) is 1. The SMILES string of the molecule is C=C(CO)[C@@]1(OC(C)=O)CCC2C3C[C@H](C)C4=CC(=O)C=C[C@]4(C)C3=CC[C@@]21C. The lowest BCUT2D eigenvalue weighted by molar-refractivity contribution is -0.167. The van der Waals surface area contributed by atoms with Crippen molar-refractivity contribution in [1.29, 1.82) is 0 Å². The molecule has 4 aliphatic carbocycles. The molecule has 4 nitrogen and oxygen atoms in total. The van der Waals surface area contributed by atoms with Crippen LogP contribution in [0, 0.1) is 28.6 Å². The fourth-order valence-corrected chi connectivity index (χ4v) is 7.12. The first-order chi connectivity index (χ1) is 13.6. The Morgan fingerprint density at radius 2 is 2.07 bits per heavy atom. The molecule has 0 aromatic heterocycles. The molecular weight excluding hydrogens is 364 g/mol. The molecule has 6 atom stereocenters. The quantitative estimate of drug-likeness (QED) is 0.570. The zero-order valence-corrected chi connectivity index (χ0v) is 18.0. The van der Waals surface area contributed by atoms with Crippen LogP contribution in [0.1, 0.15) is 53.4 Å². The Morgan fingerprint density at radius 1 is 1.34 bits per heavy atom. The molecule has 0 spiro atoms. The van der Waals surface area contributed by atoms with Gasteiger partial charge in [0, 0.05) is 17.8 Å². The molecule has 4 aliphatic rings. The highest BCUT2D eigenvalue weighted by atomic mass is 16.6. The highest BCUT2D eigenvalue weighted by molar-refractivity contribution is 6.01. The van der Waals surface area contributed by atoms with Gasteiger partial charge in [0.25, 0.3) is 0 Å². The van der Waals surface area contributed by atoms with E-state index in [0.717, 1.165) is 19.3 Å². The third kappa shape index (κ3) is 2.61. The van der Waals surface area contributed by atoms with Crippen LogP contribution in [0.15, 0.2) is 47.6 Å². The van der Waals surface area contributed by atoms with Crippen LogP contribution in [-0.2, 0) is 14.3 Å². The summed E-state index contributed by atoms with van der Waals surface area (Å²) in [5.74, 6) is 0.796. The Morgan fingerprint density at radius 3 is 2.72 bits per heavy atom. The summed E-state index contributed by atoms with van der Waals surface area (Å²) in [7, 11) is 0. The Labute approximate surface area is 173 Å². The van der Waals surface area contributed by atoms with Gasteiger partial charge in [0.05, 0.1) is 6.61 Å². The van der Waals surface area contributed by atoms with Crippen molar-refractivity contribution in [3.05, 3.63) is 47.6 Å². The van der Waals surface area contributed by atoms with Gasteiger partial charge in [-0.05, 0) is 73.7 Å². The van der Waals surface area contributed by atoms with Crippen molar-refractivity contribution in [2.24, 2.45) is 28.6 Å². The van der Waals surface area contributed by atoms with Crippen molar-refractivity contribution in [1.82, 2.24) is 0 Å². The molecule has 4 heteroatoms. The summed E-state index contributed by atoms with van der Waals surface area (Å²) < 4.78 is 5.98. The summed E-state index contributed by atoms with van der Waals surface area (Å²) in [6.45, 7) is 12.0. The number of carbonyl (C=O) groups is 2. The summed E-state index contributed by atoms with van der Waals surface area (Å²) in [6.07, 6.45) is 11.4. The molecular formula is C25H32O4. The number of rotatable bonds is 3. The third-order valence-electron chi connectivity index (χ3n) is 8.48. The highest BCUT2D eigenvalue weighted by Crippen LogP contribution is 2.67. The maximum absolute atomic E-state index is 12.0. The smallest absolute Gasteiger partial charge is 0.303 e. The standard InChI is InChI=1S/C25H32O4/c1-15-12-19-20(23(4)9-6-18(28)13-22(15)23)7-10-24(5)21(19)8-11-25(24,16(2)14-26)29-17(3)27/h6-7,9,13,15,19,21,26H,2,8,10-12,14H2,1,3-5H3/t15-,19?,21?,23+,24-,25-/m0/s1. The van der Waals surface area contributed by atoms with Gasteiger partial charge in [0.2, 0.25) is 0 Å². The molecule has 2 unspecified atom stereocenters. The molecule has 0 bridgehead atoms. The first-order valence-electron chi connectivity index (χ1n) is 10.7. The van der Waals surface area contributed by atoms with Gasteiger partial charge < -0.3 is 9.84 Å². The van der Waals surface area contributed by atoms with E-state index < -0.39 is 5.60 Å². The predicted molar refractivity (Wildman–Crippen MR) is 112 cm³/mol. The van der Waals surface area contributed by atoms with Crippen LogP contribution in [0.3, 0.4) is 0 Å². The topological polar surface area (TPSA) is 63.6 Å². The molecule has 0 aromatic rings. The van der Waals surface area contributed by atoms with Gasteiger partial charge in [-0.1, -0.05) is 38.2 Å². The number of carbonyl (C=O) groups excluding carboxylic acids is 2. The highest BCUT2D eigenvalue weighted by Gasteiger charge is 2.65. The predicted octanol–water partition coefficient (Wildman–Crippen LogP) is 4.31. The molecule has 0 saturated heterocycles. The van der Waals surface area contributed by atoms with Crippen LogP contribution in [0.5, 0.6) is 0 Å². The van der Waals surface area contributed by atoms with Crippen molar-refractivity contribution in [3.8, 4) is 0 Å². The largest absolute Gasteiger partial charge is 0.454 e. The van der Waals surface area contributed by atoms with Crippen molar-refractivity contribution in [3.63, 3.8) is 0 Å². The lowest BCUT2D eigenvalue weighted by Crippen LogP contribution is -2.54. The number of hydrogen-bond donors (Lipinski definition) is 1. The minimum Gasteiger partial charge on any atom is -0.454 e. The van der Waals surface area contributed by atoms with Gasteiger partial charge in [-0.25, -0.2) is 0 Å². The number of fused-ring (bicyclic) bond motifs is 5. The van der Waals surface area contributed by atoms with E-state index >= 15 is 0 Å². The first kappa shape index (κ1) is 20.3. The summed E-state index contributed by atoms with van der Waals surface area (Å²) in [5, 5.41) is 9.92. The normalized spacial score (nSPS) is 42.9. The second kappa shape index (κ2) is 6.53. The van der Waals surface area contributed by atoms with Crippen molar-refractivity contribution in [2.45, 2.75) is 59.0 Å². The molecule has 156 valence electrons. The molecule has 0 aromatic carbocycles. The Hall–Kier alpha value is -1.94. The van der Waals surface area contributed by atoms with Gasteiger partial charge in [0.15, 0.2) is 5.78 Å². The van der Waals surface area contributed by atoms with Crippen molar-refractivity contribution in [2.75, 3.05) is 6.61 Å². The van der Waals surface area contributed by atoms with Gasteiger partial charge in [0.1, 0.15) is 5.60 Å². The minimum absolute atomic E-state index is 0.0815. The Balaban J connectivity index is 1.81. The molecule has 0 radical (unpaired) electrons. The van der Waals surface area contributed by atoms with Crippen LogP contribution in [0.4, 0.5) is 0 Å². The molecule has 0 aliphatic heterocycles. The van der Waals surface area contributed by atoms with E-state index in [1.807, 2.05) is 6.08 Å². The number of ketones is 1. The fourth-order valence-electron chi connectivity index (χ4n) is 7.12. The van der Waals surface area contributed by atoms with Crippen LogP contribution >= 0.6 is 0 Å². The average Bonchev–Trinajstić information content (AvgIpc) is 2.95. The van der Waals surface area contributed by atoms with E-state index in [9.17, 15) is 14.7 Å². The molecule has 1 N–H and O–H groups in total. The van der Waals surface area contributed by atoms with Gasteiger partial charge in [-0.2, -0.15) is 0 Å². The molecule has 0 amide bonds. The lowest BCUT2D eigenvalue weighted by Gasteiger charge is -2.56. The zero-order valence-electron chi connectivity index (χ0n) is 18.0.